The Labute approximate surface area is 136 Å². The van der Waals surface area contributed by atoms with E-state index in [9.17, 15) is 26.4 Å². The second-order valence-corrected chi connectivity index (χ2v) is 6.94. The van der Waals surface area contributed by atoms with E-state index < -0.39 is 39.9 Å². The summed E-state index contributed by atoms with van der Waals surface area (Å²) in [6, 6.07) is 6.89. The van der Waals surface area contributed by atoms with Crippen LogP contribution >= 0.6 is 0 Å². The van der Waals surface area contributed by atoms with Crippen molar-refractivity contribution in [2.24, 2.45) is 0 Å². The summed E-state index contributed by atoms with van der Waals surface area (Å²) >= 11 is 0. The molecule has 0 bridgehead atoms. The maximum Gasteiger partial charge on any atom is 0.243 e. The lowest BCUT2D eigenvalue weighted by atomic mass is 10.3. The maximum absolute atomic E-state index is 13.1. The first-order valence-corrected chi connectivity index (χ1v) is 8.11. The summed E-state index contributed by atoms with van der Waals surface area (Å²) in [7, 11) is -2.82. The number of carbonyl (C=O) groups excluding carboxylic acids is 1. The van der Waals surface area contributed by atoms with Crippen LogP contribution in [0.3, 0.4) is 0 Å². The second-order valence-electron chi connectivity index (χ2n) is 4.89. The van der Waals surface area contributed by atoms with Crippen molar-refractivity contribution in [2.75, 3.05) is 18.9 Å². The van der Waals surface area contributed by atoms with Gasteiger partial charge < -0.3 is 5.32 Å². The van der Waals surface area contributed by atoms with Crippen LogP contribution in [0.1, 0.15) is 0 Å². The van der Waals surface area contributed by atoms with Crippen LogP contribution < -0.4 is 5.32 Å². The number of rotatable bonds is 5. The Morgan fingerprint density at radius 2 is 1.67 bits per heavy atom. The van der Waals surface area contributed by atoms with Crippen LogP contribution in [0.5, 0.6) is 0 Å². The molecule has 24 heavy (non-hydrogen) atoms. The van der Waals surface area contributed by atoms with Gasteiger partial charge in [-0.1, -0.05) is 0 Å². The lowest BCUT2D eigenvalue weighted by molar-refractivity contribution is -0.116. The number of hydrogen-bond acceptors (Lipinski definition) is 3. The zero-order valence-corrected chi connectivity index (χ0v) is 13.3. The Hall–Kier alpha value is -2.39. The van der Waals surface area contributed by atoms with Gasteiger partial charge >= 0.3 is 0 Å². The molecule has 128 valence electrons. The Kier molecular flexibility index (Phi) is 5.25. The minimum Gasteiger partial charge on any atom is -0.325 e. The number of sulfonamides is 1. The van der Waals surface area contributed by atoms with E-state index in [0.29, 0.717) is 0 Å². The van der Waals surface area contributed by atoms with E-state index in [0.717, 1.165) is 46.8 Å². The van der Waals surface area contributed by atoms with E-state index in [2.05, 4.69) is 5.32 Å². The maximum atomic E-state index is 13.1. The molecular weight excluding hydrogens is 345 g/mol. The predicted octanol–water partition coefficient (Wildman–Crippen LogP) is 2.36. The van der Waals surface area contributed by atoms with Gasteiger partial charge in [-0.05, 0) is 36.4 Å². The molecule has 5 nitrogen and oxygen atoms in total. The van der Waals surface area contributed by atoms with Crippen molar-refractivity contribution in [3.8, 4) is 0 Å². The fourth-order valence-corrected chi connectivity index (χ4v) is 2.98. The summed E-state index contributed by atoms with van der Waals surface area (Å²) in [5, 5.41) is 2.26. The topological polar surface area (TPSA) is 66.5 Å². The molecule has 2 aromatic rings. The molecule has 0 heterocycles. The summed E-state index contributed by atoms with van der Waals surface area (Å²) in [4.78, 5) is 11.7. The monoisotopic (exact) mass is 358 g/mol. The molecule has 0 aliphatic rings. The van der Waals surface area contributed by atoms with E-state index in [1.54, 1.807) is 0 Å². The number of carbonyl (C=O) groups is 1. The van der Waals surface area contributed by atoms with Gasteiger partial charge in [0.2, 0.25) is 15.9 Å². The van der Waals surface area contributed by atoms with Gasteiger partial charge in [0.25, 0.3) is 0 Å². The highest BCUT2D eigenvalue weighted by atomic mass is 32.2. The van der Waals surface area contributed by atoms with Crippen molar-refractivity contribution >= 4 is 21.6 Å². The van der Waals surface area contributed by atoms with E-state index in [4.69, 9.17) is 0 Å². The molecule has 0 fully saturated rings. The SMILES string of the molecule is CN(CC(=O)Nc1ccc(F)c(F)c1)S(=O)(=O)c1ccc(F)cc1. The van der Waals surface area contributed by atoms with Crippen molar-refractivity contribution in [1.29, 1.82) is 0 Å². The largest absolute Gasteiger partial charge is 0.325 e. The lowest BCUT2D eigenvalue weighted by Crippen LogP contribution is -2.35. The standard InChI is InChI=1S/C15H13F3N2O3S/c1-20(24(22,23)12-5-2-10(16)3-6-12)9-15(21)19-11-4-7-13(17)14(18)8-11/h2-8H,9H2,1H3,(H,19,21). The van der Waals surface area contributed by atoms with Gasteiger partial charge in [0.15, 0.2) is 11.6 Å². The first-order valence-electron chi connectivity index (χ1n) is 6.67. The van der Waals surface area contributed by atoms with Gasteiger partial charge in [-0.2, -0.15) is 4.31 Å². The van der Waals surface area contributed by atoms with Crippen LogP contribution in [-0.2, 0) is 14.8 Å². The molecule has 0 radical (unpaired) electrons. The molecule has 1 amide bonds. The summed E-state index contributed by atoms with van der Waals surface area (Å²) in [5.41, 5.74) is -0.00789. The first-order chi connectivity index (χ1) is 11.2. The molecule has 0 saturated heterocycles. The van der Waals surface area contributed by atoms with Gasteiger partial charge in [-0.25, -0.2) is 21.6 Å². The zero-order valence-electron chi connectivity index (χ0n) is 12.5. The van der Waals surface area contributed by atoms with Crippen molar-refractivity contribution in [3.05, 3.63) is 59.9 Å². The van der Waals surface area contributed by atoms with Gasteiger partial charge in [-0.3, -0.25) is 4.79 Å². The predicted molar refractivity (Wildman–Crippen MR) is 81.2 cm³/mol. The van der Waals surface area contributed by atoms with Crippen molar-refractivity contribution < 1.29 is 26.4 Å². The van der Waals surface area contributed by atoms with Crippen molar-refractivity contribution in [3.63, 3.8) is 0 Å². The average molecular weight is 358 g/mol. The Balaban J connectivity index is 2.07. The number of hydrogen-bond donors (Lipinski definition) is 1. The zero-order chi connectivity index (χ0) is 17.9. The highest BCUT2D eigenvalue weighted by Gasteiger charge is 2.23. The molecule has 0 aliphatic heterocycles. The third-order valence-electron chi connectivity index (χ3n) is 3.09. The molecule has 0 unspecified atom stereocenters. The van der Waals surface area contributed by atoms with Gasteiger partial charge in [-0.15, -0.1) is 0 Å². The highest BCUT2D eigenvalue weighted by molar-refractivity contribution is 7.89. The molecule has 2 aromatic carbocycles. The summed E-state index contributed by atoms with van der Waals surface area (Å²) in [5.74, 6) is -3.54. The molecular formula is C15H13F3N2O3S. The molecule has 0 aliphatic carbocycles. The summed E-state index contributed by atoms with van der Waals surface area (Å²) < 4.78 is 64.0. The Morgan fingerprint density at radius 1 is 1.04 bits per heavy atom. The molecule has 9 heteroatoms. The van der Waals surface area contributed by atoms with Crippen LogP contribution in [-0.4, -0.2) is 32.2 Å². The van der Waals surface area contributed by atoms with Crippen molar-refractivity contribution in [2.45, 2.75) is 4.90 Å². The number of amides is 1. The molecule has 0 atom stereocenters. The number of halogens is 3. The average Bonchev–Trinajstić information content (AvgIpc) is 2.51. The number of nitrogens with zero attached hydrogens (tertiary/aromatic N) is 1. The highest BCUT2D eigenvalue weighted by Crippen LogP contribution is 2.16. The van der Waals surface area contributed by atoms with Gasteiger partial charge in [0.05, 0.1) is 11.4 Å². The quantitative estimate of drug-likeness (QED) is 0.892. The van der Waals surface area contributed by atoms with Gasteiger partial charge in [0, 0.05) is 18.8 Å². The van der Waals surface area contributed by atoms with E-state index in [-0.39, 0.29) is 10.6 Å². The third kappa shape index (κ3) is 4.12. The summed E-state index contributed by atoms with van der Waals surface area (Å²) in [6.07, 6.45) is 0. The molecule has 1 N–H and O–H groups in total. The minimum atomic E-state index is -3.99. The number of benzene rings is 2. The molecule has 0 aromatic heterocycles. The second kappa shape index (κ2) is 7.02. The Morgan fingerprint density at radius 3 is 2.25 bits per heavy atom. The molecule has 2 rings (SSSR count). The van der Waals surface area contributed by atoms with Crippen LogP contribution in [0.2, 0.25) is 0 Å². The van der Waals surface area contributed by atoms with E-state index in [1.807, 2.05) is 0 Å². The number of likely N-dealkylation sites (N-methyl/N-ethyl adjacent to an activating group) is 1. The first kappa shape index (κ1) is 18.0. The van der Waals surface area contributed by atoms with Crippen LogP contribution in [0.4, 0.5) is 18.9 Å². The fourth-order valence-electron chi connectivity index (χ4n) is 1.85. The molecule has 0 saturated carbocycles. The minimum absolute atomic E-state index is 0.00789. The normalized spacial score (nSPS) is 11.5. The Bertz CT molecular complexity index is 855. The summed E-state index contributed by atoms with van der Waals surface area (Å²) in [6.45, 7) is -0.557. The van der Waals surface area contributed by atoms with Crippen LogP contribution in [0, 0.1) is 17.5 Å². The third-order valence-corrected chi connectivity index (χ3v) is 4.91. The number of anilines is 1. The van der Waals surface area contributed by atoms with Crippen molar-refractivity contribution in [1.82, 2.24) is 4.31 Å². The molecule has 0 spiro atoms. The van der Waals surface area contributed by atoms with Gasteiger partial charge in [0.1, 0.15) is 5.82 Å². The fraction of sp³-hybridized carbons (Fsp3) is 0.133. The lowest BCUT2D eigenvalue weighted by Gasteiger charge is -2.17. The van der Waals surface area contributed by atoms with E-state index >= 15 is 0 Å². The van der Waals surface area contributed by atoms with Crippen LogP contribution in [0.25, 0.3) is 0 Å². The van der Waals surface area contributed by atoms with Crippen LogP contribution in [0.15, 0.2) is 47.4 Å². The van der Waals surface area contributed by atoms with E-state index in [1.165, 1.54) is 7.05 Å². The number of nitrogens with one attached hydrogen (secondary N) is 1. The smallest absolute Gasteiger partial charge is 0.243 e.